The molecule has 1 aliphatic rings. The highest BCUT2D eigenvalue weighted by Gasteiger charge is 2.25. The molecule has 0 saturated heterocycles. The van der Waals surface area contributed by atoms with Gasteiger partial charge in [0, 0.05) is 13.1 Å². The van der Waals surface area contributed by atoms with Gasteiger partial charge in [-0.3, -0.25) is 0 Å². The number of benzene rings is 2. The van der Waals surface area contributed by atoms with Crippen LogP contribution in [0.2, 0.25) is 0 Å². The summed E-state index contributed by atoms with van der Waals surface area (Å²) in [7, 11) is -3.78. The molecule has 4 rings (SSSR count). The van der Waals surface area contributed by atoms with Crippen molar-refractivity contribution in [3.8, 4) is 0 Å². The van der Waals surface area contributed by atoms with Gasteiger partial charge in [-0.1, -0.05) is 50.2 Å². The van der Waals surface area contributed by atoms with Crippen LogP contribution in [-0.2, 0) is 22.8 Å². The van der Waals surface area contributed by atoms with E-state index in [2.05, 4.69) is 35.9 Å². The van der Waals surface area contributed by atoms with Gasteiger partial charge in [0.2, 0.25) is 15.8 Å². The summed E-state index contributed by atoms with van der Waals surface area (Å²) in [5.74, 6) is 0.752. The molecular weight excluding hydrogens is 384 g/mol. The highest BCUT2D eigenvalue weighted by molar-refractivity contribution is 7.91. The summed E-state index contributed by atoms with van der Waals surface area (Å²) in [5, 5.41) is 0. The Kier molecular flexibility index (Phi) is 5.00. The largest absolute Gasteiger partial charge is 0.382 e. The molecule has 0 atom stereocenters. The summed E-state index contributed by atoms with van der Waals surface area (Å²) < 4.78 is 26.0. The lowest BCUT2D eigenvalue weighted by Crippen LogP contribution is -2.32. The van der Waals surface area contributed by atoms with E-state index in [4.69, 9.17) is 5.73 Å². The molecule has 2 aromatic carbocycles. The number of aromatic nitrogens is 2. The Labute approximate surface area is 171 Å². The number of fused-ring (bicyclic) bond motifs is 1. The fourth-order valence-corrected chi connectivity index (χ4v) is 4.82. The summed E-state index contributed by atoms with van der Waals surface area (Å²) in [6.07, 6.45) is 2.21. The second-order valence-electron chi connectivity index (χ2n) is 7.59. The SMILES string of the molecule is CC(C)c1ccc(S(=O)(=O)c2cnc(N3CCc4ccccc4C3)nc2N)cc1. The Balaban J connectivity index is 1.62. The van der Waals surface area contributed by atoms with Crippen LogP contribution in [0.25, 0.3) is 0 Å². The number of sulfone groups is 1. The second-order valence-corrected chi connectivity index (χ2v) is 9.51. The van der Waals surface area contributed by atoms with E-state index >= 15 is 0 Å². The van der Waals surface area contributed by atoms with Gasteiger partial charge in [0.05, 0.1) is 11.1 Å². The van der Waals surface area contributed by atoms with Crippen molar-refractivity contribution >= 4 is 21.6 Å². The van der Waals surface area contributed by atoms with Gasteiger partial charge >= 0.3 is 0 Å². The predicted octanol–water partition coefficient (Wildman–Crippen LogP) is 3.58. The van der Waals surface area contributed by atoms with Gasteiger partial charge in [-0.15, -0.1) is 0 Å². The molecule has 29 heavy (non-hydrogen) atoms. The molecule has 1 aliphatic heterocycles. The highest BCUT2D eigenvalue weighted by Crippen LogP contribution is 2.28. The van der Waals surface area contributed by atoms with Crippen LogP contribution in [0.15, 0.2) is 64.5 Å². The summed E-state index contributed by atoms with van der Waals surface area (Å²) in [6, 6.07) is 15.1. The van der Waals surface area contributed by atoms with Crippen molar-refractivity contribution in [3.63, 3.8) is 0 Å². The standard InChI is InChI=1S/C22H24N4O2S/c1-15(2)16-7-9-19(10-8-16)29(27,28)20-13-24-22(25-21(20)23)26-12-11-17-5-3-4-6-18(17)14-26/h3-10,13,15H,11-12,14H2,1-2H3,(H2,23,24,25). The van der Waals surface area contributed by atoms with E-state index in [1.165, 1.54) is 17.3 Å². The number of nitrogen functional groups attached to an aromatic ring is 1. The van der Waals surface area contributed by atoms with Crippen molar-refractivity contribution in [1.29, 1.82) is 0 Å². The molecular formula is C22H24N4O2S. The van der Waals surface area contributed by atoms with Gasteiger partial charge in [-0.25, -0.2) is 13.4 Å². The van der Waals surface area contributed by atoms with Gasteiger partial charge < -0.3 is 10.6 Å². The number of nitrogens with zero attached hydrogens (tertiary/aromatic N) is 3. The first-order chi connectivity index (χ1) is 13.9. The van der Waals surface area contributed by atoms with Crippen molar-refractivity contribution in [3.05, 3.63) is 71.4 Å². The molecule has 0 unspecified atom stereocenters. The van der Waals surface area contributed by atoms with Crippen LogP contribution in [0.1, 0.15) is 36.5 Å². The molecule has 0 radical (unpaired) electrons. The van der Waals surface area contributed by atoms with Crippen molar-refractivity contribution in [2.45, 2.75) is 42.5 Å². The molecule has 0 amide bonds. The fraction of sp³-hybridized carbons (Fsp3) is 0.273. The Morgan fingerprint density at radius 3 is 2.38 bits per heavy atom. The van der Waals surface area contributed by atoms with Crippen LogP contribution < -0.4 is 10.6 Å². The summed E-state index contributed by atoms with van der Waals surface area (Å²) in [6.45, 7) is 5.57. The number of nitrogens with two attached hydrogens (primary N) is 1. The molecule has 3 aromatic rings. The van der Waals surface area contributed by atoms with Crippen LogP contribution in [0.3, 0.4) is 0 Å². The maximum Gasteiger partial charge on any atom is 0.227 e. The minimum atomic E-state index is -3.78. The van der Waals surface area contributed by atoms with E-state index in [0.717, 1.165) is 18.5 Å². The van der Waals surface area contributed by atoms with E-state index in [1.54, 1.807) is 12.1 Å². The maximum absolute atomic E-state index is 13.0. The first-order valence-electron chi connectivity index (χ1n) is 9.65. The van der Waals surface area contributed by atoms with Crippen LogP contribution in [0.5, 0.6) is 0 Å². The molecule has 1 aromatic heterocycles. The highest BCUT2D eigenvalue weighted by atomic mass is 32.2. The molecule has 0 bridgehead atoms. The summed E-state index contributed by atoms with van der Waals surface area (Å²) in [4.78, 5) is 10.8. The molecule has 0 fully saturated rings. The average Bonchev–Trinajstić information content (AvgIpc) is 2.73. The number of hydrogen-bond donors (Lipinski definition) is 1. The summed E-state index contributed by atoms with van der Waals surface area (Å²) >= 11 is 0. The first kappa shape index (κ1) is 19.4. The monoisotopic (exact) mass is 408 g/mol. The lowest BCUT2D eigenvalue weighted by Gasteiger charge is -2.29. The molecule has 150 valence electrons. The minimum Gasteiger partial charge on any atom is -0.382 e. The second kappa shape index (κ2) is 7.48. The Hall–Kier alpha value is -2.93. The van der Waals surface area contributed by atoms with E-state index in [9.17, 15) is 8.42 Å². The van der Waals surface area contributed by atoms with Crippen molar-refractivity contribution in [2.24, 2.45) is 0 Å². The normalized spacial score (nSPS) is 14.1. The maximum atomic E-state index is 13.0. The predicted molar refractivity (Wildman–Crippen MR) is 114 cm³/mol. The lowest BCUT2D eigenvalue weighted by atomic mass is 10.0. The van der Waals surface area contributed by atoms with Crippen LogP contribution in [-0.4, -0.2) is 24.9 Å². The molecule has 0 spiro atoms. The fourth-order valence-electron chi connectivity index (χ4n) is 3.56. The Bertz CT molecular complexity index is 1140. The van der Waals surface area contributed by atoms with Gasteiger partial charge in [0.15, 0.2) is 0 Å². The van der Waals surface area contributed by atoms with Crippen molar-refractivity contribution in [2.75, 3.05) is 17.2 Å². The number of rotatable bonds is 4. The molecule has 0 saturated carbocycles. The molecule has 7 heteroatoms. The number of anilines is 2. The Morgan fingerprint density at radius 2 is 1.72 bits per heavy atom. The van der Waals surface area contributed by atoms with Gasteiger partial charge in [0.25, 0.3) is 0 Å². The molecule has 2 heterocycles. The minimum absolute atomic E-state index is 0.0261. The molecule has 0 aliphatic carbocycles. The van der Waals surface area contributed by atoms with Gasteiger partial charge in [-0.05, 0) is 41.2 Å². The van der Waals surface area contributed by atoms with Crippen LogP contribution in [0.4, 0.5) is 11.8 Å². The quantitative estimate of drug-likeness (QED) is 0.710. The van der Waals surface area contributed by atoms with E-state index in [-0.39, 0.29) is 15.6 Å². The first-order valence-corrected chi connectivity index (χ1v) is 11.1. The van der Waals surface area contributed by atoms with Crippen LogP contribution in [0, 0.1) is 0 Å². The van der Waals surface area contributed by atoms with Crippen molar-refractivity contribution < 1.29 is 8.42 Å². The third-order valence-corrected chi connectivity index (χ3v) is 7.12. The van der Waals surface area contributed by atoms with Gasteiger partial charge in [-0.2, -0.15) is 4.98 Å². The average molecular weight is 409 g/mol. The number of hydrogen-bond acceptors (Lipinski definition) is 6. The van der Waals surface area contributed by atoms with E-state index < -0.39 is 9.84 Å². The molecule has 6 nitrogen and oxygen atoms in total. The third-order valence-electron chi connectivity index (χ3n) is 5.33. The smallest absolute Gasteiger partial charge is 0.227 e. The van der Waals surface area contributed by atoms with Crippen molar-refractivity contribution in [1.82, 2.24) is 9.97 Å². The molecule has 2 N–H and O–H groups in total. The summed E-state index contributed by atoms with van der Waals surface area (Å²) in [5.41, 5.74) is 9.69. The zero-order valence-electron chi connectivity index (χ0n) is 16.5. The van der Waals surface area contributed by atoms with Gasteiger partial charge in [0.1, 0.15) is 10.7 Å². The zero-order valence-corrected chi connectivity index (χ0v) is 17.4. The van der Waals surface area contributed by atoms with E-state index in [1.807, 2.05) is 29.2 Å². The lowest BCUT2D eigenvalue weighted by molar-refractivity contribution is 0.595. The topological polar surface area (TPSA) is 89.2 Å². The van der Waals surface area contributed by atoms with Crippen LogP contribution >= 0.6 is 0 Å². The van der Waals surface area contributed by atoms with E-state index in [0.29, 0.717) is 18.4 Å². The third kappa shape index (κ3) is 3.70. The Morgan fingerprint density at radius 1 is 1.03 bits per heavy atom. The zero-order chi connectivity index (χ0) is 20.6.